The molecule has 3 nitrogen and oxygen atoms in total. The summed E-state index contributed by atoms with van der Waals surface area (Å²) in [4.78, 5) is 4.02. The summed E-state index contributed by atoms with van der Waals surface area (Å²) in [6.45, 7) is 2.09. The highest BCUT2D eigenvalue weighted by atomic mass is 14.9. The molecule has 0 saturated heterocycles. The van der Waals surface area contributed by atoms with E-state index in [1.807, 2.05) is 30.3 Å². The van der Waals surface area contributed by atoms with Crippen LogP contribution in [0.5, 0.6) is 0 Å². The van der Waals surface area contributed by atoms with Gasteiger partial charge in [-0.25, -0.2) is 4.98 Å². The second kappa shape index (κ2) is 5.13. The molecular formula is C14H13N3. The number of nitrogens with one attached hydrogen (secondary N) is 1. The third-order valence-electron chi connectivity index (χ3n) is 2.56. The maximum absolute atomic E-state index is 8.66. The van der Waals surface area contributed by atoms with E-state index >= 15 is 0 Å². The molecule has 84 valence electrons. The molecule has 3 heteroatoms. The number of hydrogen-bond donors (Lipinski definition) is 1. The van der Waals surface area contributed by atoms with Gasteiger partial charge in [0.1, 0.15) is 11.8 Å². The highest BCUT2D eigenvalue weighted by molar-refractivity contribution is 5.44. The van der Waals surface area contributed by atoms with Gasteiger partial charge in [0.05, 0.1) is 11.9 Å². The fourth-order valence-corrected chi connectivity index (χ4v) is 1.62. The Labute approximate surface area is 101 Å². The molecule has 0 aliphatic heterocycles. The molecular weight excluding hydrogens is 210 g/mol. The lowest BCUT2D eigenvalue weighted by molar-refractivity contribution is 0.883. The summed E-state index contributed by atoms with van der Waals surface area (Å²) in [7, 11) is 0. The van der Waals surface area contributed by atoms with Gasteiger partial charge < -0.3 is 5.32 Å². The Morgan fingerprint density at radius 2 is 1.94 bits per heavy atom. The summed E-state index contributed by atoms with van der Waals surface area (Å²) in [5.74, 6) is 0. The average Bonchev–Trinajstić information content (AvgIpc) is 2.40. The molecule has 0 spiro atoms. The van der Waals surface area contributed by atoms with Crippen molar-refractivity contribution in [2.24, 2.45) is 0 Å². The van der Waals surface area contributed by atoms with Gasteiger partial charge in [-0.1, -0.05) is 30.3 Å². The zero-order valence-electron chi connectivity index (χ0n) is 9.59. The maximum Gasteiger partial charge on any atom is 0.140 e. The summed E-state index contributed by atoms with van der Waals surface area (Å²) in [6.07, 6.45) is 1.68. The lowest BCUT2D eigenvalue weighted by Crippen LogP contribution is -2.06. The molecule has 0 saturated carbocycles. The van der Waals surface area contributed by atoms with Gasteiger partial charge in [-0.15, -0.1) is 0 Å². The van der Waals surface area contributed by atoms with Crippen molar-refractivity contribution in [3.63, 3.8) is 0 Å². The summed E-state index contributed by atoms with van der Waals surface area (Å²) >= 11 is 0. The molecule has 0 aliphatic rings. The maximum atomic E-state index is 8.66. The Kier molecular flexibility index (Phi) is 3.37. The second-order valence-corrected chi connectivity index (χ2v) is 3.82. The zero-order chi connectivity index (χ0) is 12.1. The van der Waals surface area contributed by atoms with Gasteiger partial charge in [0, 0.05) is 6.04 Å². The Balaban J connectivity index is 2.08. The Morgan fingerprint density at radius 1 is 1.18 bits per heavy atom. The third-order valence-corrected chi connectivity index (χ3v) is 2.56. The summed E-state index contributed by atoms with van der Waals surface area (Å²) < 4.78 is 0. The smallest absolute Gasteiger partial charge is 0.140 e. The van der Waals surface area contributed by atoms with Gasteiger partial charge in [-0.2, -0.15) is 5.26 Å². The van der Waals surface area contributed by atoms with Gasteiger partial charge in [0.25, 0.3) is 0 Å². The zero-order valence-corrected chi connectivity index (χ0v) is 9.59. The third kappa shape index (κ3) is 2.82. The van der Waals surface area contributed by atoms with Crippen LogP contribution in [0.15, 0.2) is 48.7 Å². The fourth-order valence-electron chi connectivity index (χ4n) is 1.62. The van der Waals surface area contributed by atoms with E-state index in [0.717, 1.165) is 5.69 Å². The monoisotopic (exact) mass is 223 g/mol. The Bertz CT molecular complexity index is 511. The van der Waals surface area contributed by atoms with E-state index in [1.165, 1.54) is 5.56 Å². The molecule has 0 radical (unpaired) electrons. The van der Waals surface area contributed by atoms with E-state index in [2.05, 4.69) is 29.4 Å². The van der Waals surface area contributed by atoms with Gasteiger partial charge in [0.2, 0.25) is 0 Å². The van der Waals surface area contributed by atoms with Crippen LogP contribution in [-0.2, 0) is 0 Å². The number of anilines is 1. The predicted octanol–water partition coefficient (Wildman–Crippen LogP) is 3.13. The molecule has 0 bridgehead atoms. The number of aromatic nitrogens is 1. The summed E-state index contributed by atoms with van der Waals surface area (Å²) in [5, 5.41) is 12.0. The van der Waals surface area contributed by atoms with Gasteiger partial charge in [-0.05, 0) is 24.6 Å². The van der Waals surface area contributed by atoms with Crippen LogP contribution in [0.2, 0.25) is 0 Å². The van der Waals surface area contributed by atoms with E-state index in [4.69, 9.17) is 5.26 Å². The molecule has 2 rings (SSSR count). The van der Waals surface area contributed by atoms with Gasteiger partial charge >= 0.3 is 0 Å². The first-order valence-corrected chi connectivity index (χ1v) is 5.47. The number of nitriles is 1. The van der Waals surface area contributed by atoms with Crippen LogP contribution in [0.3, 0.4) is 0 Å². The van der Waals surface area contributed by atoms with Crippen LogP contribution < -0.4 is 5.32 Å². The number of rotatable bonds is 3. The molecule has 1 N–H and O–H groups in total. The molecule has 1 atom stereocenters. The molecule has 0 amide bonds. The summed E-state index contributed by atoms with van der Waals surface area (Å²) in [6, 6.07) is 16.0. The first-order valence-electron chi connectivity index (χ1n) is 5.47. The SMILES string of the molecule is CC(Nc1ccc(C#N)nc1)c1ccccc1. The number of hydrogen-bond acceptors (Lipinski definition) is 3. The van der Waals surface area contributed by atoms with Crippen LogP contribution in [0.25, 0.3) is 0 Å². The molecule has 1 heterocycles. The minimum atomic E-state index is 0.214. The van der Waals surface area contributed by atoms with E-state index in [9.17, 15) is 0 Å². The van der Waals surface area contributed by atoms with E-state index in [-0.39, 0.29) is 6.04 Å². The molecule has 2 aromatic rings. The fraction of sp³-hybridized carbons (Fsp3) is 0.143. The van der Waals surface area contributed by atoms with Crippen molar-refractivity contribution in [3.8, 4) is 6.07 Å². The van der Waals surface area contributed by atoms with Crippen molar-refractivity contribution in [1.29, 1.82) is 5.26 Å². The molecule has 1 unspecified atom stereocenters. The number of pyridine rings is 1. The first kappa shape index (κ1) is 11.2. The van der Waals surface area contributed by atoms with Crippen LogP contribution in [0.1, 0.15) is 24.2 Å². The first-order chi connectivity index (χ1) is 8.29. The Hall–Kier alpha value is -2.34. The molecule has 0 fully saturated rings. The van der Waals surface area contributed by atoms with Crippen molar-refractivity contribution in [3.05, 3.63) is 59.9 Å². The molecule has 1 aromatic heterocycles. The van der Waals surface area contributed by atoms with E-state index in [1.54, 1.807) is 12.3 Å². The predicted molar refractivity (Wildman–Crippen MR) is 67.4 cm³/mol. The van der Waals surface area contributed by atoms with Crippen LogP contribution in [0.4, 0.5) is 5.69 Å². The van der Waals surface area contributed by atoms with Crippen molar-refractivity contribution >= 4 is 5.69 Å². The highest BCUT2D eigenvalue weighted by Gasteiger charge is 2.04. The quantitative estimate of drug-likeness (QED) is 0.869. The molecule has 0 aliphatic carbocycles. The normalized spacial score (nSPS) is 11.5. The minimum absolute atomic E-state index is 0.214. The minimum Gasteiger partial charge on any atom is -0.377 e. The van der Waals surface area contributed by atoms with E-state index < -0.39 is 0 Å². The topological polar surface area (TPSA) is 48.7 Å². The lowest BCUT2D eigenvalue weighted by Gasteiger charge is -2.15. The molecule has 17 heavy (non-hydrogen) atoms. The standard InChI is InChI=1S/C14H13N3/c1-11(12-5-3-2-4-6-12)17-14-8-7-13(9-15)16-10-14/h2-8,10-11,17H,1H3. The number of benzene rings is 1. The van der Waals surface area contributed by atoms with E-state index in [0.29, 0.717) is 5.69 Å². The van der Waals surface area contributed by atoms with Gasteiger partial charge in [-0.3, -0.25) is 0 Å². The van der Waals surface area contributed by atoms with Crippen molar-refractivity contribution < 1.29 is 0 Å². The Morgan fingerprint density at radius 3 is 2.53 bits per heavy atom. The van der Waals surface area contributed by atoms with Crippen LogP contribution in [-0.4, -0.2) is 4.98 Å². The number of nitrogens with zero attached hydrogens (tertiary/aromatic N) is 2. The highest BCUT2D eigenvalue weighted by Crippen LogP contribution is 2.18. The van der Waals surface area contributed by atoms with Crippen molar-refractivity contribution in [2.75, 3.05) is 5.32 Å². The second-order valence-electron chi connectivity index (χ2n) is 3.82. The lowest BCUT2D eigenvalue weighted by atomic mass is 10.1. The summed E-state index contributed by atoms with van der Waals surface area (Å²) in [5.41, 5.74) is 2.57. The largest absolute Gasteiger partial charge is 0.377 e. The molecule has 1 aromatic carbocycles. The van der Waals surface area contributed by atoms with Crippen molar-refractivity contribution in [1.82, 2.24) is 4.98 Å². The van der Waals surface area contributed by atoms with Crippen LogP contribution >= 0.6 is 0 Å². The van der Waals surface area contributed by atoms with Gasteiger partial charge in [0.15, 0.2) is 0 Å². The average molecular weight is 223 g/mol. The van der Waals surface area contributed by atoms with Crippen LogP contribution in [0, 0.1) is 11.3 Å². The van der Waals surface area contributed by atoms with Crippen molar-refractivity contribution in [2.45, 2.75) is 13.0 Å².